The molecule has 2 atom stereocenters. The Balaban J connectivity index is 1.38. The molecule has 0 saturated carbocycles. The van der Waals surface area contributed by atoms with Gasteiger partial charge in [0.25, 0.3) is 11.8 Å². The molecule has 10 heteroatoms. The molecule has 2 aliphatic heterocycles. The van der Waals surface area contributed by atoms with Crippen LogP contribution in [0.5, 0.6) is 5.75 Å². The number of nitrogens with one attached hydrogen (secondary N) is 1. The number of benzene rings is 2. The average molecular weight is 523 g/mol. The molecule has 2 aromatic carbocycles. The molecule has 0 radical (unpaired) electrons. The molecule has 0 bridgehead atoms. The number of hydrogen-bond acceptors (Lipinski definition) is 7. The lowest BCUT2D eigenvalue weighted by Gasteiger charge is -2.20. The van der Waals surface area contributed by atoms with Crippen LogP contribution in [0.15, 0.2) is 48.8 Å². The van der Waals surface area contributed by atoms with Crippen molar-refractivity contribution in [2.75, 3.05) is 13.1 Å². The van der Waals surface area contributed by atoms with Crippen molar-refractivity contribution in [3.05, 3.63) is 75.4 Å². The summed E-state index contributed by atoms with van der Waals surface area (Å²) in [5, 5.41) is 3.51. The highest BCUT2D eigenvalue weighted by atomic mass is 35.5. The van der Waals surface area contributed by atoms with E-state index in [1.54, 1.807) is 36.4 Å². The first kappa shape index (κ1) is 23.0. The van der Waals surface area contributed by atoms with E-state index in [0.717, 1.165) is 15.1 Å². The maximum atomic E-state index is 14.3. The molecule has 1 saturated heterocycles. The van der Waals surface area contributed by atoms with Crippen LogP contribution < -0.4 is 10.1 Å². The number of amides is 2. The van der Waals surface area contributed by atoms with Gasteiger partial charge in [0, 0.05) is 28.6 Å². The fourth-order valence-electron chi connectivity index (χ4n) is 4.66. The molecule has 1 fully saturated rings. The van der Waals surface area contributed by atoms with Gasteiger partial charge in [-0.15, -0.1) is 11.3 Å². The number of aromatic nitrogens is 2. The van der Waals surface area contributed by atoms with Crippen molar-refractivity contribution >= 4 is 45.0 Å². The molecule has 0 spiro atoms. The van der Waals surface area contributed by atoms with Crippen molar-refractivity contribution in [1.29, 1.82) is 0 Å². The number of hydrogen-bond donors (Lipinski definition) is 1. The second-order valence-corrected chi connectivity index (χ2v) is 10.4. The van der Waals surface area contributed by atoms with E-state index in [1.165, 1.54) is 22.6 Å². The van der Waals surface area contributed by atoms with Gasteiger partial charge in [-0.3, -0.25) is 14.5 Å². The van der Waals surface area contributed by atoms with E-state index in [2.05, 4.69) is 15.3 Å². The SMILES string of the molecule is Cc1cc(Cl)cc(-c2ncnc3cc(CN4C(=O)c5ccccc5C4=O)sc23)c1O[C@@H]1CNC[C@@H]1F. The van der Waals surface area contributed by atoms with Crippen LogP contribution in [0.2, 0.25) is 5.02 Å². The maximum absolute atomic E-state index is 14.3. The van der Waals surface area contributed by atoms with E-state index >= 15 is 0 Å². The smallest absolute Gasteiger partial charge is 0.261 e. The maximum Gasteiger partial charge on any atom is 0.261 e. The topological polar surface area (TPSA) is 84.4 Å². The number of imide groups is 1. The third-order valence-electron chi connectivity index (χ3n) is 6.41. The van der Waals surface area contributed by atoms with E-state index in [-0.39, 0.29) is 24.9 Å². The standard InChI is InChI=1S/C26H20ClFN4O3S/c1-13-6-14(27)7-18(23(13)35-21-10-29-9-19(21)28)22-24-20(30-12-31-22)8-15(36-24)11-32-25(33)16-4-2-3-5-17(16)26(32)34/h2-8,12,19,21,29H,9-11H2,1H3/t19-,21+/m0/s1. The Hall–Kier alpha value is -3.40. The number of carbonyl (C=O) groups is 2. The van der Waals surface area contributed by atoms with Gasteiger partial charge < -0.3 is 10.1 Å². The first-order valence-corrected chi connectivity index (χ1v) is 12.6. The first-order valence-electron chi connectivity index (χ1n) is 11.4. The van der Waals surface area contributed by atoms with Crippen molar-refractivity contribution in [2.45, 2.75) is 25.7 Å². The summed E-state index contributed by atoms with van der Waals surface area (Å²) in [5.41, 5.74) is 3.50. The molecule has 1 N–H and O–H groups in total. The highest BCUT2D eigenvalue weighted by Crippen LogP contribution is 2.41. The Morgan fingerprint density at radius 2 is 1.86 bits per heavy atom. The van der Waals surface area contributed by atoms with Gasteiger partial charge in [-0.05, 0) is 42.8 Å². The van der Waals surface area contributed by atoms with E-state index in [9.17, 15) is 14.0 Å². The number of thiophene rings is 1. The number of halogens is 2. The average Bonchev–Trinajstić information content (AvgIpc) is 3.53. The summed E-state index contributed by atoms with van der Waals surface area (Å²) in [5.74, 6) is -0.107. The summed E-state index contributed by atoms with van der Waals surface area (Å²) in [4.78, 5) is 36.6. The predicted molar refractivity (Wildman–Crippen MR) is 135 cm³/mol. The van der Waals surface area contributed by atoms with Crippen LogP contribution in [0.1, 0.15) is 31.2 Å². The quantitative estimate of drug-likeness (QED) is 0.379. The van der Waals surface area contributed by atoms with Gasteiger partial charge in [-0.2, -0.15) is 0 Å². The Bertz CT molecular complexity index is 1510. The lowest BCUT2D eigenvalue weighted by Crippen LogP contribution is -2.28. The zero-order valence-corrected chi connectivity index (χ0v) is 20.7. The number of aryl methyl sites for hydroxylation is 1. The van der Waals surface area contributed by atoms with Crippen LogP contribution in [0.3, 0.4) is 0 Å². The van der Waals surface area contributed by atoms with E-state index in [4.69, 9.17) is 16.3 Å². The van der Waals surface area contributed by atoms with Gasteiger partial charge in [0.2, 0.25) is 0 Å². The van der Waals surface area contributed by atoms with Gasteiger partial charge >= 0.3 is 0 Å². The monoisotopic (exact) mass is 522 g/mol. The molecule has 4 aromatic rings. The molecule has 36 heavy (non-hydrogen) atoms. The van der Waals surface area contributed by atoms with Crippen molar-refractivity contribution in [3.63, 3.8) is 0 Å². The number of carbonyl (C=O) groups excluding carboxylic acids is 2. The minimum absolute atomic E-state index is 0.127. The minimum atomic E-state index is -1.12. The molecule has 7 nitrogen and oxygen atoms in total. The minimum Gasteiger partial charge on any atom is -0.485 e. The highest BCUT2D eigenvalue weighted by Gasteiger charge is 2.35. The molecular formula is C26H20ClFN4O3S. The third-order valence-corrected chi connectivity index (χ3v) is 7.74. The van der Waals surface area contributed by atoms with E-state index in [1.807, 2.05) is 13.0 Å². The zero-order valence-electron chi connectivity index (χ0n) is 19.1. The molecule has 4 heterocycles. The summed E-state index contributed by atoms with van der Waals surface area (Å²) in [6.07, 6.45) is -0.286. The van der Waals surface area contributed by atoms with Gasteiger partial charge in [0.05, 0.1) is 33.6 Å². The third kappa shape index (κ3) is 3.84. The van der Waals surface area contributed by atoms with Gasteiger partial charge in [-0.25, -0.2) is 14.4 Å². The van der Waals surface area contributed by atoms with Crippen LogP contribution in [-0.4, -0.2) is 52.0 Å². The lowest BCUT2D eigenvalue weighted by atomic mass is 10.1. The molecule has 0 aliphatic carbocycles. The van der Waals surface area contributed by atoms with Gasteiger partial charge in [0.1, 0.15) is 18.2 Å². The van der Waals surface area contributed by atoms with E-state index in [0.29, 0.717) is 45.2 Å². The second-order valence-electron chi connectivity index (χ2n) is 8.82. The molecule has 2 aromatic heterocycles. The number of nitrogens with zero attached hydrogens (tertiary/aromatic N) is 3. The summed E-state index contributed by atoms with van der Waals surface area (Å²) in [6, 6.07) is 12.2. The fourth-order valence-corrected chi connectivity index (χ4v) is 6.04. The summed E-state index contributed by atoms with van der Waals surface area (Å²) < 4.78 is 21.2. The van der Waals surface area contributed by atoms with Gasteiger partial charge in [0.15, 0.2) is 6.17 Å². The predicted octanol–water partition coefficient (Wildman–Crippen LogP) is 4.81. The number of rotatable bonds is 5. The first-order chi connectivity index (χ1) is 17.4. The van der Waals surface area contributed by atoms with E-state index < -0.39 is 12.3 Å². The molecule has 0 unspecified atom stereocenters. The number of alkyl halides is 1. The van der Waals surface area contributed by atoms with Gasteiger partial charge in [-0.1, -0.05) is 23.7 Å². The van der Waals surface area contributed by atoms with Crippen LogP contribution in [0.25, 0.3) is 21.5 Å². The second kappa shape index (κ2) is 8.92. The molecule has 2 aliphatic rings. The Kier molecular flexibility index (Phi) is 5.70. The molecular weight excluding hydrogens is 503 g/mol. The molecule has 2 amide bonds. The Labute approximate surface area is 214 Å². The largest absolute Gasteiger partial charge is 0.485 e. The summed E-state index contributed by atoms with van der Waals surface area (Å²) in [6.45, 7) is 2.64. The van der Waals surface area contributed by atoms with Crippen LogP contribution in [0, 0.1) is 6.92 Å². The zero-order chi connectivity index (χ0) is 25.0. The fraction of sp³-hybridized carbons (Fsp3) is 0.231. The number of ether oxygens (including phenoxy) is 1. The van der Waals surface area contributed by atoms with Crippen LogP contribution in [0.4, 0.5) is 4.39 Å². The van der Waals surface area contributed by atoms with Crippen molar-refractivity contribution in [1.82, 2.24) is 20.2 Å². The lowest BCUT2D eigenvalue weighted by molar-refractivity contribution is 0.0644. The van der Waals surface area contributed by atoms with Crippen molar-refractivity contribution in [2.24, 2.45) is 0 Å². The summed E-state index contributed by atoms with van der Waals surface area (Å²) >= 11 is 7.80. The Morgan fingerprint density at radius 3 is 2.56 bits per heavy atom. The highest BCUT2D eigenvalue weighted by molar-refractivity contribution is 7.19. The van der Waals surface area contributed by atoms with Crippen LogP contribution in [-0.2, 0) is 6.54 Å². The van der Waals surface area contributed by atoms with Crippen molar-refractivity contribution in [3.8, 4) is 17.0 Å². The van der Waals surface area contributed by atoms with Crippen LogP contribution >= 0.6 is 22.9 Å². The number of fused-ring (bicyclic) bond motifs is 2. The summed E-state index contributed by atoms with van der Waals surface area (Å²) in [7, 11) is 0. The van der Waals surface area contributed by atoms with Crippen molar-refractivity contribution < 1.29 is 18.7 Å². The molecule has 6 rings (SSSR count). The normalized spacial score (nSPS) is 19.4. The Morgan fingerprint density at radius 1 is 1.11 bits per heavy atom. The molecule has 182 valence electrons.